The summed E-state index contributed by atoms with van der Waals surface area (Å²) in [6.45, 7) is 6.29. The average Bonchev–Trinajstić information content (AvgIpc) is 2.81. The molecule has 0 unspecified atom stereocenters. The summed E-state index contributed by atoms with van der Waals surface area (Å²) in [6.07, 6.45) is -0.184. The van der Waals surface area contributed by atoms with Crippen molar-refractivity contribution in [2.75, 3.05) is 6.61 Å². The molecule has 2 amide bonds. The molecule has 2 atom stereocenters. The largest absolute Gasteiger partial charge is 0.447 e. The molecule has 1 aliphatic rings. The van der Waals surface area contributed by atoms with E-state index in [4.69, 9.17) is 4.74 Å². The van der Waals surface area contributed by atoms with E-state index in [1.54, 1.807) is 0 Å². The lowest BCUT2D eigenvalue weighted by Gasteiger charge is -2.23. The summed E-state index contributed by atoms with van der Waals surface area (Å²) >= 11 is 0. The standard InChI is InChI=1S/C16H21NO3/c1-11(2)14-10-20-16(19)17(14)15(18)9-12(3)13-7-5-4-6-8-13/h4-8,11-12,14H,9-10H2,1-3H3/t12-,14-/m1/s1. The number of hydrogen-bond donors (Lipinski definition) is 0. The van der Waals surface area contributed by atoms with E-state index in [2.05, 4.69) is 0 Å². The Hall–Kier alpha value is -1.84. The number of carbonyl (C=O) groups excluding carboxylic acids is 2. The molecule has 1 saturated heterocycles. The summed E-state index contributed by atoms with van der Waals surface area (Å²) < 4.78 is 5.01. The molecule has 0 aliphatic carbocycles. The number of nitrogens with zero attached hydrogens (tertiary/aromatic N) is 1. The number of amides is 2. The van der Waals surface area contributed by atoms with Crippen molar-refractivity contribution in [3.63, 3.8) is 0 Å². The van der Waals surface area contributed by atoms with E-state index in [0.717, 1.165) is 5.56 Å². The van der Waals surface area contributed by atoms with Gasteiger partial charge in [-0.1, -0.05) is 51.1 Å². The fourth-order valence-corrected chi connectivity index (χ4v) is 2.47. The minimum atomic E-state index is -0.506. The highest BCUT2D eigenvalue weighted by Crippen LogP contribution is 2.25. The molecule has 1 aromatic carbocycles. The number of cyclic esters (lactones) is 1. The summed E-state index contributed by atoms with van der Waals surface area (Å²) in [7, 11) is 0. The van der Waals surface area contributed by atoms with Crippen LogP contribution in [-0.2, 0) is 9.53 Å². The van der Waals surface area contributed by atoms with Crippen LogP contribution in [0.15, 0.2) is 30.3 Å². The Balaban J connectivity index is 2.06. The van der Waals surface area contributed by atoms with Crippen LogP contribution in [0, 0.1) is 5.92 Å². The molecule has 0 bridgehead atoms. The predicted molar refractivity (Wildman–Crippen MR) is 76.3 cm³/mol. The van der Waals surface area contributed by atoms with Gasteiger partial charge >= 0.3 is 6.09 Å². The maximum atomic E-state index is 12.4. The Bertz CT molecular complexity index is 484. The highest BCUT2D eigenvalue weighted by Gasteiger charge is 2.39. The maximum Gasteiger partial charge on any atom is 0.416 e. The van der Waals surface area contributed by atoms with Crippen molar-refractivity contribution >= 4 is 12.0 Å². The molecule has 0 N–H and O–H groups in total. The monoisotopic (exact) mass is 275 g/mol. The summed E-state index contributed by atoms with van der Waals surface area (Å²) in [4.78, 5) is 25.4. The third kappa shape index (κ3) is 3.00. The Morgan fingerprint density at radius 2 is 1.95 bits per heavy atom. The molecule has 1 heterocycles. The highest BCUT2D eigenvalue weighted by molar-refractivity contribution is 5.93. The SMILES string of the molecule is CC(C)[C@H]1COC(=O)N1C(=O)C[C@@H](C)c1ccccc1. The van der Waals surface area contributed by atoms with E-state index in [0.29, 0.717) is 13.0 Å². The molecule has 1 aromatic rings. The molecule has 0 saturated carbocycles. The third-order valence-electron chi connectivity index (χ3n) is 3.79. The van der Waals surface area contributed by atoms with Crippen LogP contribution in [-0.4, -0.2) is 29.5 Å². The summed E-state index contributed by atoms with van der Waals surface area (Å²) in [5.74, 6) is 0.143. The van der Waals surface area contributed by atoms with Gasteiger partial charge in [0, 0.05) is 6.42 Å². The first-order chi connectivity index (χ1) is 9.50. The molecule has 20 heavy (non-hydrogen) atoms. The molecule has 4 nitrogen and oxygen atoms in total. The number of rotatable bonds is 4. The second-order valence-electron chi connectivity index (χ2n) is 5.67. The zero-order valence-electron chi connectivity index (χ0n) is 12.2. The maximum absolute atomic E-state index is 12.4. The van der Waals surface area contributed by atoms with E-state index in [9.17, 15) is 9.59 Å². The normalized spacial score (nSPS) is 20.1. The van der Waals surface area contributed by atoms with Crippen molar-refractivity contribution in [3.05, 3.63) is 35.9 Å². The van der Waals surface area contributed by atoms with Gasteiger partial charge in [0.25, 0.3) is 0 Å². The summed E-state index contributed by atoms with van der Waals surface area (Å²) in [5.41, 5.74) is 1.11. The van der Waals surface area contributed by atoms with Crippen LogP contribution >= 0.6 is 0 Å². The van der Waals surface area contributed by atoms with Gasteiger partial charge in [0.1, 0.15) is 6.61 Å². The van der Waals surface area contributed by atoms with Crippen LogP contribution in [0.25, 0.3) is 0 Å². The van der Waals surface area contributed by atoms with Gasteiger partial charge in [-0.25, -0.2) is 9.69 Å². The van der Waals surface area contributed by atoms with Gasteiger partial charge in [-0.3, -0.25) is 4.79 Å². The van der Waals surface area contributed by atoms with Crippen LogP contribution in [0.5, 0.6) is 0 Å². The lowest BCUT2D eigenvalue weighted by Crippen LogP contribution is -2.42. The van der Waals surface area contributed by atoms with E-state index >= 15 is 0 Å². The minimum absolute atomic E-state index is 0.0879. The molecule has 0 spiro atoms. The van der Waals surface area contributed by atoms with Gasteiger partial charge in [0.05, 0.1) is 6.04 Å². The second-order valence-corrected chi connectivity index (χ2v) is 5.67. The van der Waals surface area contributed by atoms with Crippen molar-refractivity contribution in [1.82, 2.24) is 4.90 Å². The van der Waals surface area contributed by atoms with Crippen molar-refractivity contribution in [2.45, 2.75) is 39.2 Å². The smallest absolute Gasteiger partial charge is 0.416 e. The first-order valence-electron chi connectivity index (χ1n) is 7.04. The Morgan fingerprint density at radius 1 is 1.30 bits per heavy atom. The number of carbonyl (C=O) groups is 2. The first kappa shape index (κ1) is 14.6. The van der Waals surface area contributed by atoms with Gasteiger partial charge in [0.2, 0.25) is 5.91 Å². The van der Waals surface area contributed by atoms with Crippen LogP contribution in [0.2, 0.25) is 0 Å². The zero-order chi connectivity index (χ0) is 14.7. The molecule has 0 radical (unpaired) electrons. The number of benzene rings is 1. The van der Waals surface area contributed by atoms with Crippen molar-refractivity contribution in [3.8, 4) is 0 Å². The fraction of sp³-hybridized carbons (Fsp3) is 0.500. The minimum Gasteiger partial charge on any atom is -0.447 e. The number of ether oxygens (including phenoxy) is 1. The van der Waals surface area contributed by atoms with Crippen molar-refractivity contribution in [2.24, 2.45) is 5.92 Å². The van der Waals surface area contributed by atoms with Crippen LogP contribution < -0.4 is 0 Å². The molecular weight excluding hydrogens is 254 g/mol. The predicted octanol–water partition coefficient (Wildman–Crippen LogP) is 3.18. The summed E-state index contributed by atoms with van der Waals surface area (Å²) in [5, 5.41) is 0. The molecule has 1 fully saturated rings. The third-order valence-corrected chi connectivity index (χ3v) is 3.79. The van der Waals surface area contributed by atoms with Gasteiger partial charge in [0.15, 0.2) is 0 Å². The van der Waals surface area contributed by atoms with Crippen LogP contribution in [0.3, 0.4) is 0 Å². The van der Waals surface area contributed by atoms with Gasteiger partial charge in [-0.2, -0.15) is 0 Å². The van der Waals surface area contributed by atoms with Gasteiger partial charge < -0.3 is 4.74 Å². The topological polar surface area (TPSA) is 46.6 Å². The Kier molecular flexibility index (Phi) is 4.42. The van der Waals surface area contributed by atoms with E-state index in [1.165, 1.54) is 4.90 Å². The van der Waals surface area contributed by atoms with Gasteiger partial charge in [-0.05, 0) is 17.4 Å². The fourth-order valence-electron chi connectivity index (χ4n) is 2.47. The zero-order valence-corrected chi connectivity index (χ0v) is 12.2. The highest BCUT2D eigenvalue weighted by atomic mass is 16.6. The van der Waals surface area contributed by atoms with Gasteiger partial charge in [-0.15, -0.1) is 0 Å². The number of imide groups is 1. The van der Waals surface area contributed by atoms with E-state index in [1.807, 2.05) is 51.1 Å². The lowest BCUT2D eigenvalue weighted by atomic mass is 9.96. The van der Waals surface area contributed by atoms with E-state index in [-0.39, 0.29) is 23.8 Å². The number of hydrogen-bond acceptors (Lipinski definition) is 3. The molecule has 2 rings (SSSR count). The summed E-state index contributed by atoms with van der Waals surface area (Å²) in [6, 6.07) is 9.72. The first-order valence-corrected chi connectivity index (χ1v) is 7.04. The lowest BCUT2D eigenvalue weighted by molar-refractivity contribution is -0.130. The Labute approximate surface area is 119 Å². The van der Waals surface area contributed by atoms with Crippen molar-refractivity contribution in [1.29, 1.82) is 0 Å². The molecular formula is C16H21NO3. The molecule has 0 aromatic heterocycles. The average molecular weight is 275 g/mol. The second kappa shape index (κ2) is 6.07. The molecule has 4 heteroatoms. The quantitative estimate of drug-likeness (QED) is 0.847. The molecule has 1 aliphatic heterocycles. The van der Waals surface area contributed by atoms with Crippen LogP contribution in [0.1, 0.15) is 38.7 Å². The molecule has 108 valence electrons. The van der Waals surface area contributed by atoms with Crippen molar-refractivity contribution < 1.29 is 14.3 Å². The van der Waals surface area contributed by atoms with E-state index < -0.39 is 6.09 Å². The van der Waals surface area contributed by atoms with Crippen LogP contribution in [0.4, 0.5) is 4.79 Å². The Morgan fingerprint density at radius 3 is 2.55 bits per heavy atom.